The van der Waals surface area contributed by atoms with Crippen LogP contribution in [-0.2, 0) is 20.7 Å². The maximum absolute atomic E-state index is 15.2. The van der Waals surface area contributed by atoms with Crippen LogP contribution in [0.5, 0.6) is 0 Å². The fourth-order valence-corrected chi connectivity index (χ4v) is 6.50. The molecule has 0 saturated carbocycles. The second-order valence-corrected chi connectivity index (χ2v) is 12.2. The Hall–Kier alpha value is -3.32. The number of hydrogen-bond donors (Lipinski definition) is 2. The molecule has 3 aromatic rings. The SMILES string of the molecule is O=C(Nc1ccc(S(=O)(=O)N2CCN(c3cc(C(F)(F)c4ccccc4)cc(Cl)n3)CC2)cc1)OC1CCNCC1. The molecule has 3 heterocycles. The molecule has 2 aromatic carbocycles. The molecule has 2 N–H and O–H groups in total. The van der Waals surface area contributed by atoms with Crippen molar-refractivity contribution in [1.29, 1.82) is 0 Å². The van der Waals surface area contributed by atoms with Crippen LogP contribution in [0.1, 0.15) is 24.0 Å². The number of piperazine rings is 1. The number of hydrogen-bond acceptors (Lipinski definition) is 7. The lowest BCUT2D eigenvalue weighted by atomic mass is 10.0. The van der Waals surface area contributed by atoms with Gasteiger partial charge in [0, 0.05) is 43.0 Å². The first-order chi connectivity index (χ1) is 19.6. The number of sulfonamides is 1. The van der Waals surface area contributed by atoms with E-state index in [0.29, 0.717) is 5.69 Å². The van der Waals surface area contributed by atoms with Crippen molar-refractivity contribution in [3.05, 3.63) is 83.0 Å². The molecular formula is C28H30ClF2N5O4S. The Labute approximate surface area is 242 Å². The molecule has 2 aliphatic rings. The highest BCUT2D eigenvalue weighted by Crippen LogP contribution is 2.38. The first kappa shape index (κ1) is 29.2. The number of anilines is 2. The number of benzene rings is 2. The lowest BCUT2D eigenvalue weighted by Crippen LogP contribution is -2.49. The Kier molecular flexibility index (Phi) is 8.74. The van der Waals surface area contributed by atoms with Gasteiger partial charge in [-0.3, -0.25) is 5.32 Å². The quantitative estimate of drug-likeness (QED) is 0.377. The van der Waals surface area contributed by atoms with E-state index in [9.17, 15) is 13.2 Å². The number of carbonyl (C=O) groups is 1. The molecule has 0 unspecified atom stereocenters. The molecule has 218 valence electrons. The molecule has 0 atom stereocenters. The minimum Gasteiger partial charge on any atom is -0.446 e. The largest absolute Gasteiger partial charge is 0.446 e. The van der Waals surface area contributed by atoms with Crippen molar-refractivity contribution >= 4 is 39.2 Å². The van der Waals surface area contributed by atoms with E-state index in [0.717, 1.165) is 32.0 Å². The summed E-state index contributed by atoms with van der Waals surface area (Å²) in [6, 6.07) is 15.8. The average Bonchev–Trinajstić information content (AvgIpc) is 2.98. The smallest absolute Gasteiger partial charge is 0.411 e. The van der Waals surface area contributed by atoms with E-state index in [4.69, 9.17) is 16.3 Å². The second kappa shape index (κ2) is 12.3. The molecule has 5 rings (SSSR count). The molecule has 0 aliphatic carbocycles. The molecule has 0 radical (unpaired) electrons. The summed E-state index contributed by atoms with van der Waals surface area (Å²) in [6.45, 7) is 2.32. The van der Waals surface area contributed by atoms with Crippen LogP contribution in [0.25, 0.3) is 0 Å². The summed E-state index contributed by atoms with van der Waals surface area (Å²) in [6.07, 6.45) is 0.755. The van der Waals surface area contributed by atoms with E-state index in [-0.39, 0.29) is 59.3 Å². The molecule has 2 aliphatic heterocycles. The van der Waals surface area contributed by atoms with Crippen LogP contribution in [0.2, 0.25) is 5.15 Å². The fourth-order valence-electron chi connectivity index (χ4n) is 4.87. The Morgan fingerprint density at radius 3 is 2.29 bits per heavy atom. The minimum atomic E-state index is -3.82. The van der Waals surface area contributed by atoms with Gasteiger partial charge in [0.25, 0.3) is 5.92 Å². The fraction of sp³-hybridized carbons (Fsp3) is 0.357. The Morgan fingerprint density at radius 2 is 1.63 bits per heavy atom. The van der Waals surface area contributed by atoms with Crippen LogP contribution in [0.15, 0.2) is 71.6 Å². The zero-order valence-electron chi connectivity index (χ0n) is 22.1. The number of halogens is 3. The van der Waals surface area contributed by atoms with E-state index in [1.54, 1.807) is 23.1 Å². The third kappa shape index (κ3) is 6.78. The molecule has 2 fully saturated rings. The Morgan fingerprint density at radius 1 is 0.976 bits per heavy atom. The Balaban J connectivity index is 1.21. The van der Waals surface area contributed by atoms with Crippen LogP contribution in [0.3, 0.4) is 0 Å². The first-order valence-electron chi connectivity index (χ1n) is 13.3. The van der Waals surface area contributed by atoms with Gasteiger partial charge in [-0.1, -0.05) is 41.9 Å². The summed E-state index contributed by atoms with van der Waals surface area (Å²) in [4.78, 5) is 18.2. The van der Waals surface area contributed by atoms with Crippen LogP contribution < -0.4 is 15.5 Å². The predicted octanol–water partition coefficient (Wildman–Crippen LogP) is 4.69. The lowest BCUT2D eigenvalue weighted by Gasteiger charge is -2.35. The van der Waals surface area contributed by atoms with Gasteiger partial charge in [0.05, 0.1) is 4.90 Å². The number of rotatable bonds is 7. The van der Waals surface area contributed by atoms with E-state index in [2.05, 4.69) is 15.6 Å². The number of piperidine rings is 1. The second-order valence-electron chi connectivity index (χ2n) is 9.87. The third-order valence-electron chi connectivity index (χ3n) is 7.14. The molecule has 0 bridgehead atoms. The molecular weight excluding hydrogens is 576 g/mol. The van der Waals surface area contributed by atoms with Crippen molar-refractivity contribution in [3.8, 4) is 0 Å². The zero-order chi connectivity index (χ0) is 29.0. The van der Waals surface area contributed by atoms with E-state index < -0.39 is 22.0 Å². The number of carbonyl (C=O) groups excluding carboxylic acids is 1. The standard InChI is InChI=1S/C28H30ClF2N5O4S/c29-25-18-21(28(30,31)20-4-2-1-3-5-20)19-26(34-25)35-14-16-36(17-15-35)41(38,39)24-8-6-22(7-9-24)33-27(37)40-23-10-12-32-13-11-23/h1-9,18-19,23,32H,10-17H2,(H,33,37). The number of amides is 1. The molecule has 9 nitrogen and oxygen atoms in total. The van der Waals surface area contributed by atoms with Gasteiger partial charge < -0.3 is 15.0 Å². The van der Waals surface area contributed by atoms with Gasteiger partial charge in [0.15, 0.2) is 0 Å². The van der Waals surface area contributed by atoms with Crippen LogP contribution in [-0.4, -0.2) is 69.2 Å². The number of nitrogens with zero attached hydrogens (tertiary/aromatic N) is 3. The van der Waals surface area contributed by atoms with Gasteiger partial charge in [-0.2, -0.15) is 13.1 Å². The monoisotopic (exact) mass is 605 g/mol. The van der Waals surface area contributed by atoms with Crippen molar-refractivity contribution in [1.82, 2.24) is 14.6 Å². The summed E-state index contributed by atoms with van der Waals surface area (Å²) in [5, 5.41) is 5.76. The lowest BCUT2D eigenvalue weighted by molar-refractivity contribution is 0.0428. The van der Waals surface area contributed by atoms with Gasteiger partial charge in [0.1, 0.15) is 17.1 Å². The molecule has 41 heavy (non-hydrogen) atoms. The topological polar surface area (TPSA) is 104 Å². The Bertz CT molecular complexity index is 1460. The third-order valence-corrected chi connectivity index (χ3v) is 9.25. The summed E-state index contributed by atoms with van der Waals surface area (Å²) >= 11 is 6.12. The number of alkyl halides is 2. The molecule has 1 aromatic heterocycles. The van der Waals surface area contributed by atoms with Gasteiger partial charge in [-0.25, -0.2) is 18.2 Å². The van der Waals surface area contributed by atoms with E-state index >= 15 is 8.78 Å². The van der Waals surface area contributed by atoms with Crippen LogP contribution >= 0.6 is 11.6 Å². The average molecular weight is 606 g/mol. The first-order valence-corrected chi connectivity index (χ1v) is 15.1. The number of pyridine rings is 1. The minimum absolute atomic E-state index is 0.0727. The highest BCUT2D eigenvalue weighted by atomic mass is 35.5. The zero-order valence-corrected chi connectivity index (χ0v) is 23.7. The van der Waals surface area contributed by atoms with E-state index in [1.807, 2.05) is 0 Å². The molecule has 2 saturated heterocycles. The number of nitrogens with one attached hydrogen (secondary N) is 2. The summed E-state index contributed by atoms with van der Waals surface area (Å²) in [7, 11) is -3.82. The molecule has 13 heteroatoms. The van der Waals surface area contributed by atoms with Gasteiger partial charge in [0.2, 0.25) is 10.0 Å². The van der Waals surface area contributed by atoms with Gasteiger partial charge in [-0.15, -0.1) is 0 Å². The summed E-state index contributed by atoms with van der Waals surface area (Å²) in [5.74, 6) is -3.02. The van der Waals surface area contributed by atoms with Crippen molar-refractivity contribution in [2.75, 3.05) is 49.5 Å². The van der Waals surface area contributed by atoms with Gasteiger partial charge in [-0.05, 0) is 62.3 Å². The van der Waals surface area contributed by atoms with Crippen molar-refractivity contribution in [2.45, 2.75) is 29.8 Å². The molecule has 0 spiro atoms. The van der Waals surface area contributed by atoms with Crippen molar-refractivity contribution in [3.63, 3.8) is 0 Å². The summed E-state index contributed by atoms with van der Waals surface area (Å²) < 4.78 is 63.7. The van der Waals surface area contributed by atoms with Gasteiger partial charge >= 0.3 is 6.09 Å². The van der Waals surface area contributed by atoms with E-state index in [1.165, 1.54) is 46.8 Å². The number of aromatic nitrogens is 1. The van der Waals surface area contributed by atoms with Crippen LogP contribution in [0, 0.1) is 0 Å². The summed E-state index contributed by atoms with van der Waals surface area (Å²) in [5.41, 5.74) is -0.0334. The van der Waals surface area contributed by atoms with Crippen LogP contribution in [0.4, 0.5) is 25.1 Å². The highest BCUT2D eigenvalue weighted by Gasteiger charge is 2.36. The predicted molar refractivity (Wildman–Crippen MR) is 152 cm³/mol. The maximum Gasteiger partial charge on any atom is 0.411 e. The molecule has 1 amide bonds. The number of ether oxygens (including phenoxy) is 1. The maximum atomic E-state index is 15.2. The van der Waals surface area contributed by atoms with Crippen molar-refractivity contribution < 1.29 is 26.7 Å². The van der Waals surface area contributed by atoms with Crippen molar-refractivity contribution in [2.24, 2.45) is 0 Å². The normalized spacial score (nSPS) is 17.3. The highest BCUT2D eigenvalue weighted by molar-refractivity contribution is 7.89.